The molecule has 0 spiro atoms. The van der Waals surface area contributed by atoms with E-state index in [2.05, 4.69) is 4.99 Å². The van der Waals surface area contributed by atoms with Crippen LogP contribution in [0, 0.1) is 0 Å². The Morgan fingerprint density at radius 3 is 2.49 bits per heavy atom. The minimum absolute atomic E-state index is 0.00538. The van der Waals surface area contributed by atoms with Crippen LogP contribution in [0.4, 0.5) is 13.2 Å². The number of aliphatic imine (C=N–C) groups is 1. The molecule has 2 atom stereocenters. The van der Waals surface area contributed by atoms with Crippen molar-refractivity contribution < 1.29 is 32.5 Å². The molecule has 0 bridgehead atoms. The van der Waals surface area contributed by atoms with E-state index in [0.29, 0.717) is 34.9 Å². The van der Waals surface area contributed by atoms with E-state index in [1.807, 2.05) is 35.6 Å². The first-order valence-corrected chi connectivity index (χ1v) is 13.5. The van der Waals surface area contributed by atoms with Crippen LogP contribution >= 0.6 is 23.2 Å². The fourth-order valence-corrected chi connectivity index (χ4v) is 4.79. The highest BCUT2D eigenvalue weighted by atomic mass is 35.5. The maximum atomic E-state index is 13.7. The number of nitrogens with zero attached hydrogens (tertiary/aromatic N) is 1. The molecule has 2 N–H and O–H groups in total. The SMILES string of the molecule is O=C(NCC(F)(F)F)[C@]1(C/C=C/c2ccccc2)N=C(c2ccc(OCCCO)cc2)O[C@@H]1c1ccc(Cl)cc1Cl. The van der Waals surface area contributed by atoms with Crippen LogP contribution in [0.15, 0.2) is 83.9 Å². The van der Waals surface area contributed by atoms with Gasteiger partial charge in [0.15, 0.2) is 11.6 Å². The van der Waals surface area contributed by atoms with Gasteiger partial charge in [-0.1, -0.05) is 71.8 Å². The molecule has 1 aliphatic rings. The summed E-state index contributed by atoms with van der Waals surface area (Å²) in [6, 6.07) is 20.5. The average Bonchev–Trinajstić information content (AvgIpc) is 3.33. The van der Waals surface area contributed by atoms with Crippen LogP contribution in [-0.2, 0) is 9.53 Å². The van der Waals surface area contributed by atoms with E-state index in [-0.39, 0.29) is 23.9 Å². The van der Waals surface area contributed by atoms with Gasteiger partial charge in [0.1, 0.15) is 12.3 Å². The molecule has 3 aromatic carbocycles. The van der Waals surface area contributed by atoms with Crippen molar-refractivity contribution in [1.29, 1.82) is 0 Å². The van der Waals surface area contributed by atoms with Crippen LogP contribution in [0.5, 0.6) is 5.75 Å². The van der Waals surface area contributed by atoms with Crippen LogP contribution in [0.3, 0.4) is 0 Å². The molecule has 0 fully saturated rings. The van der Waals surface area contributed by atoms with Crippen LogP contribution in [0.25, 0.3) is 6.08 Å². The zero-order valence-electron chi connectivity index (χ0n) is 21.7. The summed E-state index contributed by atoms with van der Waals surface area (Å²) in [7, 11) is 0. The molecule has 11 heteroatoms. The molecule has 0 saturated carbocycles. The third-order valence-electron chi connectivity index (χ3n) is 6.26. The topological polar surface area (TPSA) is 80.2 Å². The van der Waals surface area contributed by atoms with Crippen LogP contribution < -0.4 is 10.1 Å². The maximum Gasteiger partial charge on any atom is 0.405 e. The minimum atomic E-state index is -4.64. The number of ether oxygens (including phenoxy) is 2. The zero-order chi connectivity index (χ0) is 29.5. The maximum absolute atomic E-state index is 13.7. The highest BCUT2D eigenvalue weighted by Gasteiger charge is 2.53. The number of aliphatic hydroxyl groups excluding tert-OH is 1. The van der Waals surface area contributed by atoms with Crippen molar-refractivity contribution in [3.63, 3.8) is 0 Å². The van der Waals surface area contributed by atoms with E-state index in [9.17, 15) is 18.0 Å². The third kappa shape index (κ3) is 7.81. The van der Waals surface area contributed by atoms with Gasteiger partial charge in [0, 0.05) is 40.6 Å². The molecule has 1 heterocycles. The van der Waals surface area contributed by atoms with E-state index in [0.717, 1.165) is 5.56 Å². The second-order valence-electron chi connectivity index (χ2n) is 9.27. The molecule has 0 aromatic heterocycles. The molecule has 4 rings (SSSR count). The second-order valence-corrected chi connectivity index (χ2v) is 10.1. The van der Waals surface area contributed by atoms with Gasteiger partial charge in [-0.2, -0.15) is 13.2 Å². The van der Waals surface area contributed by atoms with Crippen molar-refractivity contribution in [1.82, 2.24) is 5.32 Å². The Hall–Kier alpha value is -3.53. The summed E-state index contributed by atoms with van der Waals surface area (Å²) < 4.78 is 51.3. The molecule has 0 radical (unpaired) electrons. The standard InChI is InChI=1S/C30H27Cl2F3N2O4/c31-22-11-14-24(25(32)18-22)26-29(28(39)36-19-30(33,34)35,15-4-8-20-6-2-1-3-7-20)37-27(41-26)21-9-12-23(13-10-21)40-17-5-16-38/h1-4,6-14,18,26,38H,5,15-17,19H2,(H,36,39)/b8-4+/t26-,29-/m1/s1. The van der Waals surface area contributed by atoms with Crippen molar-refractivity contribution in [2.75, 3.05) is 19.8 Å². The molecular weight excluding hydrogens is 580 g/mol. The molecule has 1 aliphatic heterocycles. The van der Waals surface area contributed by atoms with Gasteiger partial charge in [-0.05, 0) is 42.0 Å². The van der Waals surface area contributed by atoms with Crippen molar-refractivity contribution in [2.24, 2.45) is 4.99 Å². The number of benzene rings is 3. The lowest BCUT2D eigenvalue weighted by Crippen LogP contribution is -2.50. The highest BCUT2D eigenvalue weighted by Crippen LogP contribution is 2.45. The van der Waals surface area contributed by atoms with Gasteiger partial charge in [0.25, 0.3) is 5.91 Å². The molecule has 41 heavy (non-hydrogen) atoms. The number of aliphatic hydroxyl groups is 1. The molecule has 0 unspecified atom stereocenters. The summed E-state index contributed by atoms with van der Waals surface area (Å²) in [4.78, 5) is 18.3. The first-order chi connectivity index (χ1) is 19.6. The number of amides is 1. The monoisotopic (exact) mass is 606 g/mol. The van der Waals surface area contributed by atoms with Crippen LogP contribution in [0.1, 0.15) is 35.6 Å². The van der Waals surface area contributed by atoms with Crippen molar-refractivity contribution in [2.45, 2.75) is 30.7 Å². The first-order valence-electron chi connectivity index (χ1n) is 12.7. The predicted octanol–water partition coefficient (Wildman–Crippen LogP) is 6.79. The second kappa shape index (κ2) is 13.4. The quantitative estimate of drug-likeness (QED) is 0.235. The number of rotatable bonds is 11. The fourth-order valence-electron chi connectivity index (χ4n) is 4.28. The van der Waals surface area contributed by atoms with E-state index in [4.69, 9.17) is 37.8 Å². The summed E-state index contributed by atoms with van der Waals surface area (Å²) in [6.45, 7) is -1.23. The van der Waals surface area contributed by atoms with Crippen LogP contribution in [0.2, 0.25) is 10.0 Å². The lowest BCUT2D eigenvalue weighted by Gasteiger charge is -2.30. The average molecular weight is 607 g/mol. The lowest BCUT2D eigenvalue weighted by molar-refractivity contribution is -0.143. The molecule has 1 amide bonds. The van der Waals surface area contributed by atoms with Gasteiger partial charge in [0.2, 0.25) is 5.90 Å². The number of hydrogen-bond donors (Lipinski definition) is 2. The summed E-state index contributed by atoms with van der Waals surface area (Å²) in [5, 5.41) is 11.5. The number of carbonyl (C=O) groups excluding carboxylic acids is 1. The molecule has 0 saturated heterocycles. The van der Waals surface area contributed by atoms with Gasteiger partial charge in [0.05, 0.1) is 6.61 Å². The number of alkyl halides is 3. The molecule has 216 valence electrons. The smallest absolute Gasteiger partial charge is 0.405 e. The largest absolute Gasteiger partial charge is 0.494 e. The van der Waals surface area contributed by atoms with E-state index >= 15 is 0 Å². The normalized spacial score (nSPS) is 18.7. The van der Waals surface area contributed by atoms with Gasteiger partial charge in [-0.25, -0.2) is 4.99 Å². The lowest BCUT2D eigenvalue weighted by atomic mass is 9.84. The summed E-state index contributed by atoms with van der Waals surface area (Å²) in [6.07, 6.45) is -2.01. The Morgan fingerprint density at radius 2 is 1.83 bits per heavy atom. The van der Waals surface area contributed by atoms with E-state index in [1.165, 1.54) is 6.07 Å². The Morgan fingerprint density at radius 1 is 1.10 bits per heavy atom. The van der Waals surface area contributed by atoms with Crippen molar-refractivity contribution >= 4 is 41.1 Å². The fraction of sp³-hybridized carbons (Fsp3) is 0.267. The Kier molecular flexibility index (Phi) is 9.96. The Bertz CT molecular complexity index is 1400. The zero-order valence-corrected chi connectivity index (χ0v) is 23.2. The van der Waals surface area contributed by atoms with Gasteiger partial charge in [-0.3, -0.25) is 4.79 Å². The number of nitrogens with one attached hydrogen (secondary N) is 1. The Labute approximate surface area is 245 Å². The summed E-state index contributed by atoms with van der Waals surface area (Å²) >= 11 is 12.6. The minimum Gasteiger partial charge on any atom is -0.494 e. The summed E-state index contributed by atoms with van der Waals surface area (Å²) in [5.74, 6) is -0.376. The van der Waals surface area contributed by atoms with Gasteiger partial charge >= 0.3 is 6.18 Å². The van der Waals surface area contributed by atoms with Crippen LogP contribution in [-0.4, -0.2) is 48.4 Å². The van der Waals surface area contributed by atoms with Gasteiger partial charge < -0.3 is 19.9 Å². The van der Waals surface area contributed by atoms with Crippen molar-refractivity contribution in [3.05, 3.63) is 106 Å². The van der Waals surface area contributed by atoms with Crippen molar-refractivity contribution in [3.8, 4) is 5.75 Å². The number of carbonyl (C=O) groups is 1. The van der Waals surface area contributed by atoms with E-state index in [1.54, 1.807) is 48.6 Å². The molecule has 6 nitrogen and oxygen atoms in total. The first kappa shape index (κ1) is 30.4. The predicted molar refractivity (Wildman–Crippen MR) is 152 cm³/mol. The molecule has 3 aromatic rings. The highest BCUT2D eigenvalue weighted by molar-refractivity contribution is 6.35. The van der Waals surface area contributed by atoms with E-state index < -0.39 is 30.3 Å². The molecule has 0 aliphatic carbocycles. The van der Waals surface area contributed by atoms with Gasteiger partial charge in [-0.15, -0.1) is 0 Å². The Balaban J connectivity index is 1.77. The number of halogens is 5. The third-order valence-corrected chi connectivity index (χ3v) is 6.83. The number of hydrogen-bond acceptors (Lipinski definition) is 5. The summed E-state index contributed by atoms with van der Waals surface area (Å²) in [5.41, 5.74) is -0.180. The molecular formula is C30H27Cl2F3N2O4.